The third-order valence-electron chi connectivity index (χ3n) is 4.35. The highest BCUT2D eigenvalue weighted by Gasteiger charge is 2.34. The molecule has 0 spiro atoms. The molecular formula is C16H24N2O4. The molecule has 22 heavy (non-hydrogen) atoms. The van der Waals surface area contributed by atoms with E-state index in [4.69, 9.17) is 9.26 Å². The minimum atomic E-state index is -0.603. The number of rotatable bonds is 5. The molecule has 0 saturated heterocycles. The van der Waals surface area contributed by atoms with E-state index in [2.05, 4.69) is 17.4 Å². The Labute approximate surface area is 130 Å². The van der Waals surface area contributed by atoms with Gasteiger partial charge in [-0.25, -0.2) is 4.79 Å². The predicted molar refractivity (Wildman–Crippen MR) is 80.2 cm³/mol. The molecule has 1 heterocycles. The maximum atomic E-state index is 12.3. The van der Waals surface area contributed by atoms with Crippen LogP contribution in [0.15, 0.2) is 10.8 Å². The lowest BCUT2D eigenvalue weighted by atomic mass is 9.79. The smallest absolute Gasteiger partial charge is 0.328 e. The molecule has 6 heteroatoms. The fourth-order valence-electron chi connectivity index (χ4n) is 2.95. The van der Waals surface area contributed by atoms with Crippen LogP contribution >= 0.6 is 0 Å². The Morgan fingerprint density at radius 1 is 1.41 bits per heavy atom. The van der Waals surface area contributed by atoms with E-state index in [9.17, 15) is 9.59 Å². The number of nitrogens with one attached hydrogen (secondary N) is 1. The highest BCUT2D eigenvalue weighted by molar-refractivity contribution is 5.97. The highest BCUT2D eigenvalue weighted by atomic mass is 16.5. The summed E-state index contributed by atoms with van der Waals surface area (Å²) >= 11 is 0. The number of amides is 1. The largest absolute Gasteiger partial charge is 0.464 e. The van der Waals surface area contributed by atoms with E-state index < -0.39 is 6.04 Å². The molecule has 0 aromatic carbocycles. The van der Waals surface area contributed by atoms with E-state index in [0.717, 1.165) is 25.7 Å². The maximum Gasteiger partial charge on any atom is 0.328 e. The molecule has 1 amide bonds. The van der Waals surface area contributed by atoms with Crippen LogP contribution in [0.4, 0.5) is 0 Å². The third kappa shape index (κ3) is 3.87. The molecule has 2 rings (SSSR count). The van der Waals surface area contributed by atoms with Gasteiger partial charge in [0, 0.05) is 0 Å². The van der Waals surface area contributed by atoms with Crippen molar-refractivity contribution in [1.82, 2.24) is 10.5 Å². The molecule has 1 aliphatic rings. The van der Waals surface area contributed by atoms with Gasteiger partial charge >= 0.3 is 5.97 Å². The maximum absolute atomic E-state index is 12.3. The zero-order valence-electron chi connectivity index (χ0n) is 13.4. The van der Waals surface area contributed by atoms with E-state index in [1.807, 2.05) is 0 Å². The number of aryl methyl sites for hydroxylation is 1. The molecule has 1 atom stereocenters. The lowest BCUT2D eigenvalue weighted by Gasteiger charge is -2.31. The Morgan fingerprint density at radius 3 is 2.64 bits per heavy atom. The second kappa shape index (κ2) is 7.42. The van der Waals surface area contributed by atoms with Crippen LogP contribution in [0.25, 0.3) is 0 Å². The van der Waals surface area contributed by atoms with E-state index in [1.165, 1.54) is 6.26 Å². The van der Waals surface area contributed by atoms with Gasteiger partial charge in [-0.1, -0.05) is 24.9 Å². The van der Waals surface area contributed by atoms with Crippen molar-refractivity contribution in [1.29, 1.82) is 0 Å². The van der Waals surface area contributed by atoms with Crippen LogP contribution in [0.3, 0.4) is 0 Å². The van der Waals surface area contributed by atoms with Gasteiger partial charge in [0.25, 0.3) is 5.91 Å². The Morgan fingerprint density at radius 2 is 2.09 bits per heavy atom. The zero-order valence-corrected chi connectivity index (χ0v) is 13.4. The number of carbonyl (C=O) groups is 2. The fraction of sp³-hybridized carbons (Fsp3) is 0.688. The molecule has 0 unspecified atom stereocenters. The van der Waals surface area contributed by atoms with Gasteiger partial charge in [-0.3, -0.25) is 4.79 Å². The van der Waals surface area contributed by atoms with Gasteiger partial charge in [0.1, 0.15) is 17.9 Å². The monoisotopic (exact) mass is 308 g/mol. The zero-order chi connectivity index (χ0) is 16.1. The minimum Gasteiger partial charge on any atom is -0.464 e. The van der Waals surface area contributed by atoms with Crippen molar-refractivity contribution < 1.29 is 18.8 Å². The molecular weight excluding hydrogens is 284 g/mol. The van der Waals surface area contributed by atoms with Crippen molar-refractivity contribution in [2.24, 2.45) is 11.8 Å². The molecule has 1 aliphatic carbocycles. The number of nitrogens with zero attached hydrogens (tertiary/aromatic N) is 1. The van der Waals surface area contributed by atoms with Crippen molar-refractivity contribution in [2.75, 3.05) is 6.61 Å². The van der Waals surface area contributed by atoms with Gasteiger partial charge in [-0.05, 0) is 38.5 Å². The standard InChI is InChI=1S/C16H24N2O4/c1-4-21-16(20)14(12-7-5-10(2)6-8-12)17-15(19)13-9-22-18-11(13)3/h9-10,12,14H,4-8H2,1-3H3,(H,17,19)/t10?,12?,14-/m0/s1. The van der Waals surface area contributed by atoms with E-state index in [1.54, 1.807) is 13.8 Å². The number of aromatic nitrogens is 1. The molecule has 1 N–H and O–H groups in total. The van der Waals surface area contributed by atoms with Gasteiger partial charge < -0.3 is 14.6 Å². The Kier molecular flexibility index (Phi) is 5.57. The summed E-state index contributed by atoms with van der Waals surface area (Å²) in [6.45, 7) is 5.99. The lowest BCUT2D eigenvalue weighted by Crippen LogP contribution is -2.47. The predicted octanol–water partition coefficient (Wildman–Crippen LogP) is 2.47. The van der Waals surface area contributed by atoms with E-state index >= 15 is 0 Å². The molecule has 122 valence electrons. The average Bonchev–Trinajstić information content (AvgIpc) is 2.92. The first-order chi connectivity index (χ1) is 10.5. The van der Waals surface area contributed by atoms with Gasteiger partial charge in [-0.2, -0.15) is 0 Å². The average molecular weight is 308 g/mol. The first-order valence-electron chi connectivity index (χ1n) is 7.91. The van der Waals surface area contributed by atoms with Crippen LogP contribution in [-0.2, 0) is 9.53 Å². The molecule has 1 aromatic heterocycles. The quantitative estimate of drug-likeness (QED) is 0.845. The second-order valence-corrected chi connectivity index (χ2v) is 6.04. The van der Waals surface area contributed by atoms with Crippen molar-refractivity contribution in [3.8, 4) is 0 Å². The summed E-state index contributed by atoms with van der Waals surface area (Å²) < 4.78 is 9.93. The van der Waals surface area contributed by atoms with Crippen LogP contribution in [0.1, 0.15) is 55.6 Å². The molecule has 1 aromatic rings. The number of hydrogen-bond acceptors (Lipinski definition) is 5. The van der Waals surface area contributed by atoms with Crippen LogP contribution < -0.4 is 5.32 Å². The first-order valence-corrected chi connectivity index (χ1v) is 7.91. The topological polar surface area (TPSA) is 81.4 Å². The van der Waals surface area contributed by atoms with E-state index in [-0.39, 0.29) is 17.8 Å². The summed E-state index contributed by atoms with van der Waals surface area (Å²) in [6.07, 6.45) is 5.29. The SMILES string of the molecule is CCOC(=O)[C@@H](NC(=O)c1conc1C)C1CCC(C)CC1. The molecule has 0 bridgehead atoms. The Balaban J connectivity index is 2.09. The van der Waals surface area contributed by atoms with Gasteiger partial charge in [0.15, 0.2) is 0 Å². The lowest BCUT2D eigenvalue weighted by molar-refractivity contribution is -0.147. The van der Waals surface area contributed by atoms with Crippen molar-refractivity contribution in [3.63, 3.8) is 0 Å². The number of esters is 1. The molecule has 6 nitrogen and oxygen atoms in total. The summed E-state index contributed by atoms with van der Waals surface area (Å²) in [7, 11) is 0. The van der Waals surface area contributed by atoms with Gasteiger partial charge in [0.05, 0.1) is 12.3 Å². The highest BCUT2D eigenvalue weighted by Crippen LogP contribution is 2.31. The summed E-state index contributed by atoms with van der Waals surface area (Å²) in [4.78, 5) is 24.6. The summed E-state index contributed by atoms with van der Waals surface area (Å²) in [5.41, 5.74) is 0.871. The van der Waals surface area contributed by atoms with Crippen molar-refractivity contribution in [2.45, 2.75) is 52.5 Å². The Hall–Kier alpha value is -1.85. The van der Waals surface area contributed by atoms with Gasteiger partial charge in [-0.15, -0.1) is 0 Å². The number of ether oxygens (including phenoxy) is 1. The van der Waals surface area contributed by atoms with Crippen LogP contribution in [0.2, 0.25) is 0 Å². The van der Waals surface area contributed by atoms with Gasteiger partial charge in [0.2, 0.25) is 0 Å². The van der Waals surface area contributed by atoms with Crippen molar-refractivity contribution in [3.05, 3.63) is 17.5 Å². The van der Waals surface area contributed by atoms with Crippen LogP contribution in [-0.4, -0.2) is 29.7 Å². The normalized spacial score (nSPS) is 22.9. The van der Waals surface area contributed by atoms with Crippen LogP contribution in [0, 0.1) is 18.8 Å². The molecule has 0 aliphatic heterocycles. The number of hydrogen-bond donors (Lipinski definition) is 1. The minimum absolute atomic E-state index is 0.124. The molecule has 1 saturated carbocycles. The second-order valence-electron chi connectivity index (χ2n) is 6.04. The first kappa shape index (κ1) is 16.5. The molecule has 1 fully saturated rings. The summed E-state index contributed by atoms with van der Waals surface area (Å²) in [5.74, 6) is 0.106. The van der Waals surface area contributed by atoms with Crippen LogP contribution in [0.5, 0.6) is 0 Å². The summed E-state index contributed by atoms with van der Waals surface area (Å²) in [5, 5.41) is 6.51. The van der Waals surface area contributed by atoms with E-state index in [0.29, 0.717) is 23.8 Å². The number of carbonyl (C=O) groups excluding carboxylic acids is 2. The fourth-order valence-corrected chi connectivity index (χ4v) is 2.95. The summed E-state index contributed by atoms with van der Waals surface area (Å²) in [6, 6.07) is -0.603. The van der Waals surface area contributed by atoms with Crippen molar-refractivity contribution >= 4 is 11.9 Å². The third-order valence-corrected chi connectivity index (χ3v) is 4.35. The molecule has 0 radical (unpaired) electrons. The Bertz CT molecular complexity index is 518.